The van der Waals surface area contributed by atoms with E-state index in [9.17, 15) is 12.8 Å². The van der Waals surface area contributed by atoms with Crippen LogP contribution in [0.5, 0.6) is 0 Å². The summed E-state index contributed by atoms with van der Waals surface area (Å²) in [5.74, 6) is -0.428. The van der Waals surface area contributed by atoms with Gasteiger partial charge in [-0.3, -0.25) is 0 Å². The van der Waals surface area contributed by atoms with Crippen LogP contribution in [0, 0.1) is 5.82 Å². The summed E-state index contributed by atoms with van der Waals surface area (Å²) in [5, 5.41) is 0.601. The quantitative estimate of drug-likeness (QED) is 0.781. The molecule has 0 amide bonds. The van der Waals surface area contributed by atoms with Crippen molar-refractivity contribution in [2.75, 3.05) is 11.9 Å². The van der Waals surface area contributed by atoms with Gasteiger partial charge in [0.25, 0.3) is 0 Å². The molecule has 0 saturated heterocycles. The molecule has 0 N–H and O–H groups in total. The average molecular weight is 322 g/mol. The van der Waals surface area contributed by atoms with E-state index < -0.39 is 15.8 Å². The summed E-state index contributed by atoms with van der Waals surface area (Å²) in [6, 6.07) is 5.09. The first-order valence-corrected chi connectivity index (χ1v) is 7.95. The molecule has 0 unspecified atom stereocenters. The molecule has 0 aromatic heterocycles. The Balaban J connectivity index is 2.30. The van der Waals surface area contributed by atoms with E-state index in [1.165, 1.54) is 28.6 Å². The standard InChI is InChI=1S/C11H13BrFNO2S/c12-7-8-14(10-3-4-10)17(15,16)11-5-1-9(13)2-6-11/h1-2,5-6,10H,3-4,7-8H2. The van der Waals surface area contributed by atoms with Crippen molar-refractivity contribution in [1.29, 1.82) is 0 Å². The lowest BCUT2D eigenvalue weighted by Gasteiger charge is -2.20. The Bertz CT molecular complexity index is 485. The van der Waals surface area contributed by atoms with Crippen LogP contribution < -0.4 is 0 Å². The van der Waals surface area contributed by atoms with Crippen LogP contribution in [0.15, 0.2) is 29.2 Å². The molecule has 0 heterocycles. The van der Waals surface area contributed by atoms with Gasteiger partial charge in [0.15, 0.2) is 0 Å². The van der Waals surface area contributed by atoms with Crippen LogP contribution in [0.2, 0.25) is 0 Å². The summed E-state index contributed by atoms with van der Waals surface area (Å²) >= 11 is 3.26. The molecule has 3 nitrogen and oxygen atoms in total. The summed E-state index contributed by atoms with van der Waals surface area (Å²) < 4.78 is 38.9. The molecule has 0 bridgehead atoms. The van der Waals surface area contributed by atoms with Crippen LogP contribution >= 0.6 is 15.9 Å². The maximum Gasteiger partial charge on any atom is 0.243 e. The average Bonchev–Trinajstić information content (AvgIpc) is 3.10. The van der Waals surface area contributed by atoms with Gasteiger partial charge in [-0.1, -0.05) is 15.9 Å². The predicted octanol–water partition coefficient (Wildman–Crippen LogP) is 2.37. The molecule has 1 aliphatic carbocycles. The molecule has 1 saturated carbocycles. The predicted molar refractivity (Wildman–Crippen MR) is 67.1 cm³/mol. The highest BCUT2D eigenvalue weighted by molar-refractivity contribution is 9.09. The molecule has 1 aromatic carbocycles. The highest BCUT2D eigenvalue weighted by Crippen LogP contribution is 2.31. The van der Waals surface area contributed by atoms with Crippen molar-refractivity contribution in [2.45, 2.75) is 23.8 Å². The van der Waals surface area contributed by atoms with Crippen LogP contribution in [0.4, 0.5) is 4.39 Å². The number of hydrogen-bond donors (Lipinski definition) is 0. The fourth-order valence-electron chi connectivity index (χ4n) is 1.69. The molecule has 17 heavy (non-hydrogen) atoms. The van der Waals surface area contributed by atoms with E-state index in [1.54, 1.807) is 0 Å². The Morgan fingerprint density at radius 2 is 1.88 bits per heavy atom. The molecule has 1 aliphatic rings. The van der Waals surface area contributed by atoms with E-state index in [2.05, 4.69) is 15.9 Å². The van der Waals surface area contributed by atoms with Gasteiger partial charge in [-0.15, -0.1) is 0 Å². The second-order valence-corrected chi connectivity index (χ2v) is 6.67. The number of hydrogen-bond acceptors (Lipinski definition) is 2. The molecule has 2 rings (SSSR count). The smallest absolute Gasteiger partial charge is 0.207 e. The van der Waals surface area contributed by atoms with E-state index in [1.807, 2.05) is 0 Å². The van der Waals surface area contributed by atoms with Gasteiger partial charge in [0.2, 0.25) is 10.0 Å². The van der Waals surface area contributed by atoms with Crippen molar-refractivity contribution in [2.24, 2.45) is 0 Å². The zero-order valence-electron chi connectivity index (χ0n) is 9.14. The first-order valence-electron chi connectivity index (χ1n) is 5.39. The zero-order valence-corrected chi connectivity index (χ0v) is 11.5. The first kappa shape index (κ1) is 13.0. The second kappa shape index (κ2) is 5.04. The molecular formula is C11H13BrFNO2S. The summed E-state index contributed by atoms with van der Waals surface area (Å²) in [4.78, 5) is 0.159. The van der Waals surface area contributed by atoms with Crippen LogP contribution in [0.1, 0.15) is 12.8 Å². The van der Waals surface area contributed by atoms with Crippen LogP contribution in [0.3, 0.4) is 0 Å². The maximum absolute atomic E-state index is 12.8. The van der Waals surface area contributed by atoms with Gasteiger partial charge in [-0.05, 0) is 37.1 Å². The van der Waals surface area contributed by atoms with Crippen molar-refractivity contribution >= 4 is 26.0 Å². The lowest BCUT2D eigenvalue weighted by molar-refractivity contribution is 0.424. The molecule has 6 heteroatoms. The Hall–Kier alpha value is -0.460. The van der Waals surface area contributed by atoms with Crippen molar-refractivity contribution in [1.82, 2.24) is 4.31 Å². The Labute approximate surface area is 109 Å². The normalized spacial score (nSPS) is 16.4. The maximum atomic E-state index is 12.8. The number of nitrogens with zero attached hydrogens (tertiary/aromatic N) is 1. The van der Waals surface area contributed by atoms with E-state index >= 15 is 0 Å². The van der Waals surface area contributed by atoms with Gasteiger partial charge in [-0.2, -0.15) is 4.31 Å². The molecule has 0 radical (unpaired) electrons. The van der Waals surface area contributed by atoms with Gasteiger partial charge in [-0.25, -0.2) is 12.8 Å². The van der Waals surface area contributed by atoms with Crippen molar-refractivity contribution in [3.05, 3.63) is 30.1 Å². The Kier molecular flexibility index (Phi) is 3.85. The molecule has 1 fully saturated rings. The van der Waals surface area contributed by atoms with Gasteiger partial charge < -0.3 is 0 Å². The summed E-state index contributed by atoms with van der Waals surface area (Å²) in [6.07, 6.45) is 1.82. The highest BCUT2D eigenvalue weighted by Gasteiger charge is 2.37. The van der Waals surface area contributed by atoms with E-state index in [0.29, 0.717) is 11.9 Å². The molecular weight excluding hydrogens is 309 g/mol. The van der Waals surface area contributed by atoms with E-state index in [-0.39, 0.29) is 10.9 Å². The van der Waals surface area contributed by atoms with Crippen molar-refractivity contribution < 1.29 is 12.8 Å². The van der Waals surface area contributed by atoms with Gasteiger partial charge >= 0.3 is 0 Å². The van der Waals surface area contributed by atoms with E-state index in [0.717, 1.165) is 12.8 Å². The first-order chi connectivity index (χ1) is 8.05. The minimum Gasteiger partial charge on any atom is -0.207 e. The zero-order chi connectivity index (χ0) is 12.5. The highest BCUT2D eigenvalue weighted by atomic mass is 79.9. The Morgan fingerprint density at radius 1 is 1.29 bits per heavy atom. The molecule has 0 aliphatic heterocycles. The largest absolute Gasteiger partial charge is 0.243 e. The number of alkyl halides is 1. The summed E-state index contributed by atoms with van der Waals surface area (Å²) in [5.41, 5.74) is 0. The van der Waals surface area contributed by atoms with Gasteiger partial charge in [0.05, 0.1) is 4.90 Å². The van der Waals surface area contributed by atoms with Crippen molar-refractivity contribution in [3.8, 4) is 0 Å². The molecule has 1 aromatic rings. The minimum absolute atomic E-state index is 0.114. The molecule has 0 atom stereocenters. The third-order valence-corrected chi connectivity index (χ3v) is 5.00. The van der Waals surface area contributed by atoms with Gasteiger partial charge in [0.1, 0.15) is 5.82 Å². The fourth-order valence-corrected chi connectivity index (χ4v) is 3.99. The SMILES string of the molecule is O=S(=O)(c1ccc(F)cc1)N(CCBr)C1CC1. The third kappa shape index (κ3) is 2.86. The van der Waals surface area contributed by atoms with Crippen LogP contribution in [0.25, 0.3) is 0 Å². The molecule has 0 spiro atoms. The lowest BCUT2D eigenvalue weighted by Crippen LogP contribution is -2.34. The minimum atomic E-state index is -3.48. The van der Waals surface area contributed by atoms with Crippen LogP contribution in [-0.4, -0.2) is 30.6 Å². The van der Waals surface area contributed by atoms with Crippen molar-refractivity contribution in [3.63, 3.8) is 0 Å². The number of halogens is 2. The monoisotopic (exact) mass is 321 g/mol. The number of benzene rings is 1. The number of sulfonamides is 1. The van der Waals surface area contributed by atoms with E-state index in [4.69, 9.17) is 0 Å². The van der Waals surface area contributed by atoms with Gasteiger partial charge in [0, 0.05) is 17.9 Å². The Morgan fingerprint density at radius 3 is 2.35 bits per heavy atom. The number of rotatable bonds is 5. The fraction of sp³-hybridized carbons (Fsp3) is 0.455. The third-order valence-electron chi connectivity index (χ3n) is 2.68. The summed E-state index contributed by atoms with van der Waals surface area (Å²) in [6.45, 7) is 0.449. The molecule has 94 valence electrons. The second-order valence-electron chi connectivity index (χ2n) is 3.99. The summed E-state index contributed by atoms with van der Waals surface area (Å²) in [7, 11) is -3.48. The lowest BCUT2D eigenvalue weighted by atomic mass is 10.4. The van der Waals surface area contributed by atoms with Crippen LogP contribution in [-0.2, 0) is 10.0 Å². The topological polar surface area (TPSA) is 37.4 Å².